The van der Waals surface area contributed by atoms with Crippen LogP contribution in [0.15, 0.2) is 48.5 Å². The zero-order chi connectivity index (χ0) is 16.8. The van der Waals surface area contributed by atoms with Gasteiger partial charge in [0.25, 0.3) is 0 Å². The highest BCUT2D eigenvalue weighted by molar-refractivity contribution is 6.01. The molecule has 2 rings (SSSR count). The minimum Gasteiger partial charge on any atom is -0.497 e. The van der Waals surface area contributed by atoms with Crippen LogP contribution in [0.3, 0.4) is 0 Å². The first kappa shape index (κ1) is 16.5. The van der Waals surface area contributed by atoms with Crippen LogP contribution < -0.4 is 9.47 Å². The van der Waals surface area contributed by atoms with E-state index in [4.69, 9.17) is 14.2 Å². The molecule has 0 unspecified atom stereocenters. The Kier molecular flexibility index (Phi) is 5.36. The topological polar surface area (TPSA) is 61.8 Å². The lowest BCUT2D eigenvalue weighted by atomic mass is 10.1. The molecule has 2 aromatic rings. The van der Waals surface area contributed by atoms with Crippen LogP contribution in [0.1, 0.15) is 27.6 Å². The van der Waals surface area contributed by atoms with E-state index in [-0.39, 0.29) is 11.3 Å². The summed E-state index contributed by atoms with van der Waals surface area (Å²) >= 11 is 0. The maximum Gasteiger partial charge on any atom is 0.342 e. The van der Waals surface area contributed by atoms with Crippen LogP contribution in [0.4, 0.5) is 0 Å². The fourth-order valence-corrected chi connectivity index (χ4v) is 2.08. The number of esters is 1. The van der Waals surface area contributed by atoms with Gasteiger partial charge in [0, 0.05) is 11.6 Å². The van der Waals surface area contributed by atoms with Gasteiger partial charge in [-0.2, -0.15) is 0 Å². The van der Waals surface area contributed by atoms with Crippen LogP contribution in [0.2, 0.25) is 0 Å². The van der Waals surface area contributed by atoms with Gasteiger partial charge in [-0.1, -0.05) is 30.3 Å². The Morgan fingerprint density at radius 3 is 2.26 bits per heavy atom. The molecule has 0 radical (unpaired) electrons. The Morgan fingerprint density at radius 2 is 1.65 bits per heavy atom. The number of methoxy groups -OCH3 is 2. The van der Waals surface area contributed by atoms with Crippen LogP contribution in [0, 0.1) is 0 Å². The monoisotopic (exact) mass is 314 g/mol. The van der Waals surface area contributed by atoms with Gasteiger partial charge in [0.2, 0.25) is 5.78 Å². The van der Waals surface area contributed by atoms with Gasteiger partial charge in [-0.15, -0.1) is 0 Å². The first-order chi connectivity index (χ1) is 11.1. The van der Waals surface area contributed by atoms with Gasteiger partial charge in [-0.25, -0.2) is 4.79 Å². The smallest absolute Gasteiger partial charge is 0.342 e. The molecule has 120 valence electrons. The summed E-state index contributed by atoms with van der Waals surface area (Å²) in [6.45, 7) is 1.54. The van der Waals surface area contributed by atoms with E-state index in [0.717, 1.165) is 0 Å². The molecule has 0 aliphatic carbocycles. The van der Waals surface area contributed by atoms with Gasteiger partial charge >= 0.3 is 5.97 Å². The Hall–Kier alpha value is -2.82. The molecule has 0 aliphatic heterocycles. The number of carbonyl (C=O) groups is 2. The van der Waals surface area contributed by atoms with E-state index in [1.165, 1.54) is 14.2 Å². The summed E-state index contributed by atoms with van der Waals surface area (Å²) in [7, 11) is 2.97. The largest absolute Gasteiger partial charge is 0.497 e. The summed E-state index contributed by atoms with van der Waals surface area (Å²) in [5.74, 6) is 0.00762. The molecule has 0 saturated heterocycles. The molecular weight excluding hydrogens is 296 g/mol. The molecule has 0 bridgehead atoms. The van der Waals surface area contributed by atoms with Crippen molar-refractivity contribution in [1.29, 1.82) is 0 Å². The van der Waals surface area contributed by atoms with Crippen LogP contribution in [0.25, 0.3) is 0 Å². The van der Waals surface area contributed by atoms with Crippen molar-refractivity contribution in [3.8, 4) is 11.5 Å². The molecule has 23 heavy (non-hydrogen) atoms. The van der Waals surface area contributed by atoms with Crippen molar-refractivity contribution in [2.45, 2.75) is 13.0 Å². The Balaban J connectivity index is 2.14. The van der Waals surface area contributed by atoms with E-state index >= 15 is 0 Å². The van der Waals surface area contributed by atoms with Gasteiger partial charge in [0.05, 0.1) is 14.2 Å². The molecule has 5 nitrogen and oxygen atoms in total. The highest BCUT2D eigenvalue weighted by Crippen LogP contribution is 2.25. The summed E-state index contributed by atoms with van der Waals surface area (Å²) in [5, 5.41) is 0. The number of hydrogen-bond donors (Lipinski definition) is 0. The molecular formula is C18H18O5. The molecule has 0 amide bonds. The maximum atomic E-state index is 12.3. The van der Waals surface area contributed by atoms with Crippen molar-refractivity contribution in [2.75, 3.05) is 14.2 Å². The molecule has 0 aliphatic rings. The molecule has 0 aromatic heterocycles. The van der Waals surface area contributed by atoms with Crippen LogP contribution in [-0.2, 0) is 4.74 Å². The van der Waals surface area contributed by atoms with Crippen molar-refractivity contribution >= 4 is 11.8 Å². The predicted octanol–water partition coefficient (Wildman–Crippen LogP) is 3.13. The molecule has 0 N–H and O–H groups in total. The fourth-order valence-electron chi connectivity index (χ4n) is 2.08. The van der Waals surface area contributed by atoms with Gasteiger partial charge in [-0.3, -0.25) is 4.79 Å². The van der Waals surface area contributed by atoms with Gasteiger partial charge in [-0.05, 0) is 19.1 Å². The summed E-state index contributed by atoms with van der Waals surface area (Å²) in [6.07, 6.45) is -0.892. The zero-order valence-corrected chi connectivity index (χ0v) is 13.2. The number of benzene rings is 2. The normalized spacial score (nSPS) is 11.4. The van der Waals surface area contributed by atoms with E-state index in [9.17, 15) is 9.59 Å². The second kappa shape index (κ2) is 7.45. The van der Waals surface area contributed by atoms with E-state index in [0.29, 0.717) is 17.1 Å². The van der Waals surface area contributed by atoms with Crippen molar-refractivity contribution in [2.24, 2.45) is 0 Å². The number of Topliss-reactive ketones (excluding diaryl/α,β-unsaturated/α-hetero) is 1. The number of ketones is 1. The average Bonchev–Trinajstić information content (AvgIpc) is 2.60. The number of carbonyl (C=O) groups excluding carboxylic acids is 2. The second-order valence-electron chi connectivity index (χ2n) is 4.84. The van der Waals surface area contributed by atoms with Crippen LogP contribution in [0.5, 0.6) is 11.5 Å². The highest BCUT2D eigenvalue weighted by atomic mass is 16.5. The molecule has 0 spiro atoms. The predicted molar refractivity (Wildman–Crippen MR) is 85.2 cm³/mol. The van der Waals surface area contributed by atoms with E-state index in [1.807, 2.05) is 6.07 Å². The number of hydrogen-bond acceptors (Lipinski definition) is 5. The fraction of sp³-hybridized carbons (Fsp3) is 0.222. The summed E-state index contributed by atoms with van der Waals surface area (Å²) in [5.41, 5.74) is 0.732. The second-order valence-corrected chi connectivity index (χ2v) is 4.84. The summed E-state index contributed by atoms with van der Waals surface area (Å²) in [6, 6.07) is 13.4. The number of rotatable bonds is 6. The summed E-state index contributed by atoms with van der Waals surface area (Å²) in [4.78, 5) is 24.5. The average molecular weight is 314 g/mol. The molecule has 0 saturated carbocycles. The first-order valence-corrected chi connectivity index (χ1v) is 7.09. The Bertz CT molecular complexity index is 694. The van der Waals surface area contributed by atoms with E-state index < -0.39 is 12.1 Å². The third-order valence-electron chi connectivity index (χ3n) is 3.34. The molecule has 2 aromatic carbocycles. The third kappa shape index (κ3) is 3.88. The number of ether oxygens (including phenoxy) is 3. The first-order valence-electron chi connectivity index (χ1n) is 7.09. The lowest BCUT2D eigenvalue weighted by Crippen LogP contribution is -2.24. The van der Waals surface area contributed by atoms with Crippen molar-refractivity contribution in [1.82, 2.24) is 0 Å². The van der Waals surface area contributed by atoms with Crippen LogP contribution in [-0.4, -0.2) is 32.1 Å². The Morgan fingerprint density at radius 1 is 0.957 bits per heavy atom. The van der Waals surface area contributed by atoms with Gasteiger partial charge in [0.15, 0.2) is 6.10 Å². The van der Waals surface area contributed by atoms with Gasteiger partial charge < -0.3 is 14.2 Å². The minimum absolute atomic E-state index is 0.237. The molecule has 0 heterocycles. The van der Waals surface area contributed by atoms with E-state index in [1.54, 1.807) is 49.4 Å². The zero-order valence-electron chi connectivity index (χ0n) is 13.2. The standard InChI is InChI=1S/C18H18O5/c1-12(17(19)13-7-5-4-6-8-13)23-18(20)15-10-9-14(21-2)11-16(15)22-3/h4-12H,1-3H3/t12-/m0/s1. The lowest BCUT2D eigenvalue weighted by molar-refractivity contribution is 0.0316. The van der Waals surface area contributed by atoms with Crippen molar-refractivity contribution < 1.29 is 23.8 Å². The lowest BCUT2D eigenvalue weighted by Gasteiger charge is -2.14. The molecule has 0 fully saturated rings. The van der Waals surface area contributed by atoms with Crippen molar-refractivity contribution in [3.05, 3.63) is 59.7 Å². The Labute approximate surface area is 134 Å². The maximum absolute atomic E-state index is 12.3. The molecule has 1 atom stereocenters. The van der Waals surface area contributed by atoms with Crippen LogP contribution >= 0.6 is 0 Å². The third-order valence-corrected chi connectivity index (χ3v) is 3.34. The van der Waals surface area contributed by atoms with Crippen molar-refractivity contribution in [3.63, 3.8) is 0 Å². The van der Waals surface area contributed by atoms with E-state index in [2.05, 4.69) is 0 Å². The highest BCUT2D eigenvalue weighted by Gasteiger charge is 2.22. The van der Waals surface area contributed by atoms with Gasteiger partial charge in [0.1, 0.15) is 17.1 Å². The minimum atomic E-state index is -0.892. The quantitative estimate of drug-likeness (QED) is 0.605. The molecule has 5 heteroatoms. The SMILES string of the molecule is COc1ccc(C(=O)O[C@@H](C)C(=O)c2ccccc2)c(OC)c1. The summed E-state index contributed by atoms with van der Waals surface area (Å²) < 4.78 is 15.5.